The molecule has 0 radical (unpaired) electrons. The van der Waals surface area contributed by atoms with Crippen LogP contribution < -0.4 is 5.73 Å². The molecule has 2 rings (SSSR count). The number of aryl methyl sites for hydroxylation is 1. The van der Waals surface area contributed by atoms with Crippen molar-refractivity contribution in [2.75, 3.05) is 6.54 Å². The molecule has 2 aromatic rings. The summed E-state index contributed by atoms with van der Waals surface area (Å²) in [5, 5.41) is 10.8. The Morgan fingerprint density at radius 1 is 1.62 bits per heavy atom. The van der Waals surface area contributed by atoms with Gasteiger partial charge in [-0.1, -0.05) is 0 Å². The monoisotopic (exact) mass is 220 g/mol. The van der Waals surface area contributed by atoms with Crippen LogP contribution in [-0.2, 0) is 6.42 Å². The van der Waals surface area contributed by atoms with E-state index in [0.717, 1.165) is 5.56 Å². The van der Waals surface area contributed by atoms with Gasteiger partial charge in [0, 0.05) is 13.1 Å². The first-order valence-corrected chi connectivity index (χ1v) is 4.95. The van der Waals surface area contributed by atoms with Crippen LogP contribution in [0.2, 0.25) is 0 Å². The number of hydrogen-bond acceptors (Lipinski definition) is 4. The summed E-state index contributed by atoms with van der Waals surface area (Å²) in [6, 6.07) is 3.67. The highest BCUT2D eigenvalue weighted by Crippen LogP contribution is 2.21. The van der Waals surface area contributed by atoms with Gasteiger partial charge in [0.05, 0.1) is 0 Å². The molecule has 6 heteroatoms. The number of nitrogens with two attached hydrogens (primary N) is 1. The molecule has 0 aliphatic heterocycles. The van der Waals surface area contributed by atoms with Gasteiger partial charge in [-0.2, -0.15) is 0 Å². The molecule has 16 heavy (non-hydrogen) atoms. The predicted molar refractivity (Wildman–Crippen MR) is 59.3 cm³/mol. The maximum atomic E-state index is 10.8. The van der Waals surface area contributed by atoms with Crippen molar-refractivity contribution in [2.45, 2.75) is 13.3 Å². The molecule has 0 aliphatic rings. The minimum atomic E-state index is -0.464. The van der Waals surface area contributed by atoms with Gasteiger partial charge < -0.3 is 15.8 Å². The number of nitro groups is 1. The molecule has 0 fully saturated rings. The van der Waals surface area contributed by atoms with Gasteiger partial charge in [-0.05, 0) is 40.6 Å². The van der Waals surface area contributed by atoms with E-state index in [1.807, 2.05) is 6.07 Å². The molecule has 6 nitrogen and oxygen atoms in total. The molecule has 0 amide bonds. The van der Waals surface area contributed by atoms with Gasteiger partial charge in [0.1, 0.15) is 5.52 Å². The van der Waals surface area contributed by atoms with E-state index >= 15 is 0 Å². The van der Waals surface area contributed by atoms with Crippen molar-refractivity contribution in [2.24, 2.45) is 5.73 Å². The molecule has 0 spiro atoms. The van der Waals surface area contributed by atoms with Crippen LogP contribution in [0, 0.1) is 17.0 Å². The Morgan fingerprint density at radius 2 is 2.38 bits per heavy atom. The highest BCUT2D eigenvalue weighted by molar-refractivity contribution is 5.63. The number of fused-ring (bicyclic) bond motifs is 1. The van der Waals surface area contributed by atoms with Crippen molar-refractivity contribution in [3.8, 4) is 0 Å². The lowest BCUT2D eigenvalue weighted by molar-refractivity contribution is -0.387. The van der Waals surface area contributed by atoms with Gasteiger partial charge in [-0.25, -0.2) is 0 Å². The summed E-state index contributed by atoms with van der Waals surface area (Å²) in [6.07, 6.45) is 2.49. The van der Waals surface area contributed by atoms with Crippen molar-refractivity contribution >= 4 is 11.3 Å². The smallest absolute Gasteiger partial charge is 0.358 e. The normalized spacial score (nSPS) is 10.9. The Hall–Kier alpha value is -1.95. The van der Waals surface area contributed by atoms with Crippen molar-refractivity contribution in [3.05, 3.63) is 39.8 Å². The van der Waals surface area contributed by atoms with Crippen LogP contribution in [-0.4, -0.2) is 20.9 Å². The van der Waals surface area contributed by atoms with Crippen LogP contribution in [0.5, 0.6) is 0 Å². The summed E-state index contributed by atoms with van der Waals surface area (Å²) >= 11 is 0. The van der Waals surface area contributed by atoms with Crippen LogP contribution in [0.4, 0.5) is 5.82 Å². The molecular weight excluding hydrogens is 208 g/mol. The van der Waals surface area contributed by atoms with E-state index in [1.165, 1.54) is 0 Å². The number of aromatic nitrogens is 2. The van der Waals surface area contributed by atoms with Gasteiger partial charge in [0.25, 0.3) is 0 Å². The second-order valence-corrected chi connectivity index (χ2v) is 3.57. The highest BCUT2D eigenvalue weighted by atomic mass is 16.6. The summed E-state index contributed by atoms with van der Waals surface area (Å²) in [7, 11) is 0. The largest absolute Gasteiger partial charge is 0.389 e. The third-order valence-corrected chi connectivity index (χ3v) is 2.47. The number of hydrogen-bond donors (Lipinski definition) is 1. The first-order valence-electron chi connectivity index (χ1n) is 4.95. The third kappa shape index (κ3) is 1.63. The zero-order valence-electron chi connectivity index (χ0n) is 8.88. The fourth-order valence-corrected chi connectivity index (χ4v) is 1.72. The lowest BCUT2D eigenvalue weighted by atomic mass is 10.2. The van der Waals surface area contributed by atoms with Crippen LogP contribution in [0.15, 0.2) is 18.3 Å². The van der Waals surface area contributed by atoms with Gasteiger partial charge in [-0.3, -0.25) is 4.40 Å². The van der Waals surface area contributed by atoms with E-state index in [0.29, 0.717) is 24.3 Å². The highest BCUT2D eigenvalue weighted by Gasteiger charge is 2.19. The van der Waals surface area contributed by atoms with Crippen LogP contribution in [0.25, 0.3) is 5.52 Å². The number of pyridine rings is 1. The van der Waals surface area contributed by atoms with E-state index in [4.69, 9.17) is 5.73 Å². The Balaban J connectivity index is 2.64. The van der Waals surface area contributed by atoms with E-state index in [9.17, 15) is 10.1 Å². The predicted octanol–water partition coefficient (Wildman–Crippen LogP) is 1.05. The van der Waals surface area contributed by atoms with Gasteiger partial charge in [0.2, 0.25) is 5.82 Å². The van der Waals surface area contributed by atoms with Crippen LogP contribution in [0.1, 0.15) is 11.4 Å². The fourth-order valence-electron chi connectivity index (χ4n) is 1.72. The Bertz CT molecular complexity index is 547. The fraction of sp³-hybridized carbons (Fsp3) is 0.300. The summed E-state index contributed by atoms with van der Waals surface area (Å²) in [5.74, 6) is 0.511. The molecule has 0 aromatic carbocycles. The topological polar surface area (TPSA) is 86.5 Å². The lowest BCUT2D eigenvalue weighted by Crippen LogP contribution is -2.03. The molecular formula is C10H12N4O2. The minimum absolute atomic E-state index is 0.101. The van der Waals surface area contributed by atoms with Gasteiger partial charge in [-0.15, -0.1) is 0 Å². The summed E-state index contributed by atoms with van der Waals surface area (Å²) < 4.78 is 1.71. The minimum Gasteiger partial charge on any atom is -0.358 e. The molecule has 2 N–H and O–H groups in total. The van der Waals surface area contributed by atoms with Crippen LogP contribution >= 0.6 is 0 Å². The summed E-state index contributed by atoms with van der Waals surface area (Å²) in [4.78, 5) is 14.3. The summed E-state index contributed by atoms with van der Waals surface area (Å²) in [6.45, 7) is 2.26. The molecule has 0 unspecified atom stereocenters. The molecule has 2 heterocycles. The van der Waals surface area contributed by atoms with Gasteiger partial charge >= 0.3 is 5.82 Å². The molecule has 84 valence electrons. The van der Waals surface area contributed by atoms with Crippen molar-refractivity contribution < 1.29 is 4.92 Å². The molecule has 0 saturated carbocycles. The lowest BCUT2D eigenvalue weighted by Gasteiger charge is -1.99. The van der Waals surface area contributed by atoms with E-state index in [2.05, 4.69) is 4.98 Å². The average molecular weight is 220 g/mol. The number of nitrogens with zero attached hydrogens (tertiary/aromatic N) is 3. The second-order valence-electron chi connectivity index (χ2n) is 3.57. The second kappa shape index (κ2) is 3.90. The zero-order valence-corrected chi connectivity index (χ0v) is 8.88. The number of rotatable bonds is 3. The molecule has 0 atom stereocenters. The quantitative estimate of drug-likeness (QED) is 0.618. The molecule has 0 bridgehead atoms. The van der Waals surface area contributed by atoms with Crippen molar-refractivity contribution in [1.29, 1.82) is 0 Å². The average Bonchev–Trinajstić information content (AvgIpc) is 2.57. The van der Waals surface area contributed by atoms with Crippen LogP contribution in [0.3, 0.4) is 0 Å². The molecule has 0 saturated heterocycles. The maximum Gasteiger partial charge on any atom is 0.389 e. The van der Waals surface area contributed by atoms with Crippen molar-refractivity contribution in [1.82, 2.24) is 9.38 Å². The first-order chi connectivity index (χ1) is 7.63. The third-order valence-electron chi connectivity index (χ3n) is 2.47. The Kier molecular flexibility index (Phi) is 2.57. The van der Waals surface area contributed by atoms with Gasteiger partial charge in [0.15, 0.2) is 0 Å². The van der Waals surface area contributed by atoms with E-state index in [-0.39, 0.29) is 5.82 Å². The zero-order chi connectivity index (χ0) is 11.7. The Morgan fingerprint density at radius 3 is 3.00 bits per heavy atom. The number of imidazole rings is 1. The Labute approximate surface area is 91.9 Å². The van der Waals surface area contributed by atoms with Crippen molar-refractivity contribution in [3.63, 3.8) is 0 Å². The molecule has 2 aromatic heterocycles. The summed E-state index contributed by atoms with van der Waals surface area (Å²) in [5.41, 5.74) is 6.96. The van der Waals surface area contributed by atoms with E-state index in [1.54, 1.807) is 23.6 Å². The maximum absolute atomic E-state index is 10.8. The first kappa shape index (κ1) is 10.6. The standard InChI is InChI=1S/C10H12N4O2/c1-7-12-10(14(15)16)9-6-8(2-4-11)3-5-13(7)9/h3,5-6H,2,4,11H2,1H3. The SMILES string of the molecule is Cc1nc([N+](=O)[O-])c2cc(CCN)ccn12. The van der Waals surface area contributed by atoms with E-state index < -0.39 is 4.92 Å². The molecule has 0 aliphatic carbocycles.